The topological polar surface area (TPSA) is 78.9 Å². The van der Waals surface area contributed by atoms with E-state index in [1.54, 1.807) is 0 Å². The van der Waals surface area contributed by atoms with Gasteiger partial charge in [0.25, 0.3) is 0 Å². The van der Waals surface area contributed by atoms with Gasteiger partial charge in [-0.1, -0.05) is 303 Å². The van der Waals surface area contributed by atoms with Crippen molar-refractivity contribution >= 4 is 17.9 Å². The summed E-state index contributed by atoms with van der Waals surface area (Å²) in [4.78, 5) is 38.4. The van der Waals surface area contributed by atoms with Gasteiger partial charge in [-0.15, -0.1) is 0 Å². The first-order valence-corrected chi connectivity index (χ1v) is 35.0. The fraction of sp³-hybridized carbons (Fsp3) is 0.701. The van der Waals surface area contributed by atoms with Crippen molar-refractivity contribution in [3.63, 3.8) is 0 Å². The lowest BCUT2D eigenvalue weighted by atomic mass is 10.0. The maximum atomic E-state index is 12.9. The summed E-state index contributed by atoms with van der Waals surface area (Å²) in [6.07, 6.45) is 98.0. The molecule has 0 spiro atoms. The van der Waals surface area contributed by atoms with Gasteiger partial charge in [0.05, 0.1) is 0 Å². The molecule has 0 saturated heterocycles. The third-order valence-corrected chi connectivity index (χ3v) is 14.9. The molecule has 0 fully saturated rings. The van der Waals surface area contributed by atoms with Crippen LogP contribution in [0.2, 0.25) is 0 Å². The second-order valence-electron chi connectivity index (χ2n) is 23.1. The van der Waals surface area contributed by atoms with E-state index in [0.29, 0.717) is 19.3 Å². The van der Waals surface area contributed by atoms with Crippen molar-refractivity contribution in [2.45, 2.75) is 335 Å². The van der Waals surface area contributed by atoms with Crippen LogP contribution >= 0.6 is 0 Å². The molecule has 0 saturated carbocycles. The van der Waals surface area contributed by atoms with Crippen LogP contribution in [0.25, 0.3) is 0 Å². The standard InChI is InChI=1S/C77H130O6/c1-4-7-10-13-16-19-22-25-27-29-30-31-32-33-34-35-36-37-38-39-40-41-42-43-44-45-46-48-49-52-55-58-61-64-67-70-76(79)82-73-74(72-81-75(78)69-66-63-60-57-54-51-24-21-18-15-12-9-6-3)83-77(80)71-68-65-62-59-56-53-50-47-28-26-23-20-17-14-11-8-5-2/h7,10,12,15-16,19,21,24-28,30-31,33-34,36-37,39-40,74H,4-6,8-9,11,13-14,17-18,20,22-23,29,32,35,38,41-73H2,1-3H3/b10-7-,15-12-,19-16-,24-21-,27-25-,28-26-,31-30-,34-33-,37-36-,40-39-. The quantitative estimate of drug-likeness (QED) is 0.0261. The SMILES string of the molecule is CC/C=C\C/C=C\C/C=C\C/C=C\C/C=C\C/C=C\C/C=C\CCCCCCCCCCCCCCCC(=O)OCC(COC(=O)CCCCCCC/C=C\C/C=C\CCC)OC(=O)CCCCCCCCC/C=C\CCCCCCCC. The Labute approximate surface area is 513 Å². The van der Waals surface area contributed by atoms with E-state index in [2.05, 4.69) is 142 Å². The third-order valence-electron chi connectivity index (χ3n) is 14.9. The highest BCUT2D eigenvalue weighted by Crippen LogP contribution is 2.16. The third kappa shape index (κ3) is 68.5. The van der Waals surface area contributed by atoms with Crippen LogP contribution in [0.15, 0.2) is 122 Å². The van der Waals surface area contributed by atoms with Crippen LogP contribution in [0.1, 0.15) is 329 Å². The van der Waals surface area contributed by atoms with E-state index >= 15 is 0 Å². The number of carbonyl (C=O) groups excluding carboxylic acids is 3. The van der Waals surface area contributed by atoms with Gasteiger partial charge in [0.2, 0.25) is 0 Å². The average molecular weight is 1150 g/mol. The normalized spacial score (nSPS) is 12.9. The molecule has 1 unspecified atom stereocenters. The zero-order valence-corrected chi connectivity index (χ0v) is 54.4. The van der Waals surface area contributed by atoms with Crippen molar-refractivity contribution in [1.29, 1.82) is 0 Å². The molecule has 0 aromatic heterocycles. The van der Waals surface area contributed by atoms with E-state index in [4.69, 9.17) is 14.2 Å². The van der Waals surface area contributed by atoms with Gasteiger partial charge in [-0.3, -0.25) is 14.4 Å². The molecule has 0 amide bonds. The minimum Gasteiger partial charge on any atom is -0.462 e. The lowest BCUT2D eigenvalue weighted by Gasteiger charge is -2.18. The van der Waals surface area contributed by atoms with E-state index < -0.39 is 6.10 Å². The number of ether oxygens (including phenoxy) is 3. The van der Waals surface area contributed by atoms with E-state index in [1.165, 1.54) is 154 Å². The van der Waals surface area contributed by atoms with Crippen LogP contribution in [0.5, 0.6) is 0 Å². The first-order chi connectivity index (χ1) is 41.0. The van der Waals surface area contributed by atoms with Gasteiger partial charge >= 0.3 is 17.9 Å². The second-order valence-corrected chi connectivity index (χ2v) is 23.1. The molecule has 0 aliphatic rings. The van der Waals surface area contributed by atoms with Crippen molar-refractivity contribution in [2.24, 2.45) is 0 Å². The van der Waals surface area contributed by atoms with Crippen molar-refractivity contribution < 1.29 is 28.6 Å². The molecule has 0 aromatic rings. The van der Waals surface area contributed by atoms with Crippen molar-refractivity contribution in [3.8, 4) is 0 Å². The lowest BCUT2D eigenvalue weighted by Crippen LogP contribution is -2.30. The number of hydrogen-bond donors (Lipinski definition) is 0. The minimum absolute atomic E-state index is 0.0841. The smallest absolute Gasteiger partial charge is 0.306 e. The molecule has 0 bridgehead atoms. The number of allylic oxidation sites excluding steroid dienone is 20. The maximum absolute atomic E-state index is 12.9. The Morgan fingerprint density at radius 3 is 0.795 bits per heavy atom. The summed E-state index contributed by atoms with van der Waals surface area (Å²) in [6, 6.07) is 0. The second kappa shape index (κ2) is 70.3. The van der Waals surface area contributed by atoms with E-state index in [9.17, 15) is 14.4 Å². The van der Waals surface area contributed by atoms with Crippen LogP contribution in [0.3, 0.4) is 0 Å². The highest BCUT2D eigenvalue weighted by molar-refractivity contribution is 5.71. The Morgan fingerprint density at radius 1 is 0.253 bits per heavy atom. The van der Waals surface area contributed by atoms with Gasteiger partial charge in [0, 0.05) is 19.3 Å². The largest absolute Gasteiger partial charge is 0.462 e. The number of esters is 3. The van der Waals surface area contributed by atoms with Gasteiger partial charge in [-0.05, 0) is 128 Å². The summed E-state index contributed by atoms with van der Waals surface area (Å²) in [5, 5.41) is 0. The molecule has 0 rings (SSSR count). The Kier molecular flexibility index (Phi) is 66.7. The highest BCUT2D eigenvalue weighted by atomic mass is 16.6. The van der Waals surface area contributed by atoms with Gasteiger partial charge in [0.1, 0.15) is 13.2 Å². The highest BCUT2D eigenvalue weighted by Gasteiger charge is 2.19. The first-order valence-electron chi connectivity index (χ1n) is 35.0. The molecule has 6 heteroatoms. The van der Waals surface area contributed by atoms with Crippen molar-refractivity contribution in [1.82, 2.24) is 0 Å². The predicted octanol–water partition coefficient (Wildman–Crippen LogP) is 24.3. The fourth-order valence-corrected chi connectivity index (χ4v) is 9.69. The first kappa shape index (κ1) is 78.8. The number of hydrogen-bond acceptors (Lipinski definition) is 6. The molecule has 1 atom stereocenters. The summed E-state index contributed by atoms with van der Waals surface area (Å²) >= 11 is 0. The maximum Gasteiger partial charge on any atom is 0.306 e. The molecule has 0 N–H and O–H groups in total. The Bertz CT molecular complexity index is 1700. The van der Waals surface area contributed by atoms with Crippen molar-refractivity contribution in [3.05, 3.63) is 122 Å². The van der Waals surface area contributed by atoms with Crippen LogP contribution in [0.4, 0.5) is 0 Å². The van der Waals surface area contributed by atoms with Crippen LogP contribution in [0, 0.1) is 0 Å². The minimum atomic E-state index is -0.788. The monoisotopic (exact) mass is 1150 g/mol. The van der Waals surface area contributed by atoms with Crippen LogP contribution in [-0.4, -0.2) is 37.2 Å². The van der Waals surface area contributed by atoms with Gasteiger partial charge in [-0.25, -0.2) is 0 Å². The number of unbranched alkanes of at least 4 members (excludes halogenated alkanes) is 32. The van der Waals surface area contributed by atoms with Crippen molar-refractivity contribution in [2.75, 3.05) is 13.2 Å². The average Bonchev–Trinajstić information content (AvgIpc) is 3.49. The zero-order chi connectivity index (χ0) is 59.9. The number of carbonyl (C=O) groups is 3. The van der Waals surface area contributed by atoms with Gasteiger partial charge in [0.15, 0.2) is 6.10 Å². The molecule has 474 valence electrons. The summed E-state index contributed by atoms with van der Waals surface area (Å²) < 4.78 is 16.9. The Balaban J connectivity index is 4.20. The van der Waals surface area contributed by atoms with Crippen LogP contribution in [-0.2, 0) is 28.6 Å². The summed E-state index contributed by atoms with van der Waals surface area (Å²) in [5.41, 5.74) is 0. The summed E-state index contributed by atoms with van der Waals surface area (Å²) in [6.45, 7) is 6.47. The Hall–Kier alpha value is -4.19. The molecule has 83 heavy (non-hydrogen) atoms. The zero-order valence-electron chi connectivity index (χ0n) is 54.4. The lowest BCUT2D eigenvalue weighted by molar-refractivity contribution is -0.167. The van der Waals surface area contributed by atoms with E-state index in [1.807, 2.05) is 0 Å². The van der Waals surface area contributed by atoms with Gasteiger partial charge < -0.3 is 14.2 Å². The summed E-state index contributed by atoms with van der Waals surface area (Å²) in [7, 11) is 0. The molecule has 0 aliphatic carbocycles. The van der Waals surface area contributed by atoms with Gasteiger partial charge in [-0.2, -0.15) is 0 Å². The molecule has 0 radical (unpaired) electrons. The predicted molar refractivity (Wildman–Crippen MR) is 362 cm³/mol. The molecular weight excluding hydrogens is 1020 g/mol. The van der Waals surface area contributed by atoms with Crippen LogP contribution < -0.4 is 0 Å². The summed E-state index contributed by atoms with van der Waals surface area (Å²) in [5.74, 6) is -0.894. The molecule has 0 aliphatic heterocycles. The Morgan fingerprint density at radius 2 is 0.494 bits per heavy atom. The van der Waals surface area contributed by atoms with E-state index in [0.717, 1.165) is 135 Å². The van der Waals surface area contributed by atoms with E-state index in [-0.39, 0.29) is 31.1 Å². The molecule has 6 nitrogen and oxygen atoms in total. The fourth-order valence-electron chi connectivity index (χ4n) is 9.69. The molecular formula is C77H130O6. The molecule has 0 aromatic carbocycles. The molecule has 0 heterocycles. The number of rotatable bonds is 63.